The molecule has 0 bridgehead atoms. The van der Waals surface area contributed by atoms with Crippen LogP contribution in [0.4, 0.5) is 0 Å². The third kappa shape index (κ3) is 1.69. The first-order valence-electron chi connectivity index (χ1n) is 4.91. The molecule has 0 aliphatic heterocycles. The van der Waals surface area contributed by atoms with Gasteiger partial charge in [-0.25, -0.2) is 4.98 Å². The Bertz CT molecular complexity index is 563. The summed E-state index contributed by atoms with van der Waals surface area (Å²) in [4.78, 5) is 4.31. The lowest BCUT2D eigenvalue weighted by molar-refractivity contribution is 0.415. The number of fused-ring (bicyclic) bond motifs is 1. The molecule has 4 heteroatoms. The first-order valence-corrected chi connectivity index (χ1v) is 4.91. The Hall–Kier alpha value is -2.10. The van der Waals surface area contributed by atoms with Crippen LogP contribution in [0.25, 0.3) is 10.9 Å². The standard InChI is InChI=1S/C12H13N3O/c1-7-5-11(12(13)14)15-10-4-3-8(16-2)6-9(7)10/h3-6H,1-2H3,(H3,13,14). The van der Waals surface area contributed by atoms with Gasteiger partial charge in [0.05, 0.1) is 12.6 Å². The van der Waals surface area contributed by atoms with Gasteiger partial charge >= 0.3 is 0 Å². The van der Waals surface area contributed by atoms with E-state index in [9.17, 15) is 0 Å². The van der Waals surface area contributed by atoms with Crippen molar-refractivity contribution in [2.45, 2.75) is 6.92 Å². The summed E-state index contributed by atoms with van der Waals surface area (Å²) in [5.41, 5.74) is 7.80. The van der Waals surface area contributed by atoms with Crippen molar-refractivity contribution in [1.82, 2.24) is 4.98 Å². The Kier molecular flexibility index (Phi) is 2.48. The van der Waals surface area contributed by atoms with Crippen molar-refractivity contribution in [3.8, 4) is 5.75 Å². The van der Waals surface area contributed by atoms with Crippen LogP contribution < -0.4 is 10.5 Å². The maximum absolute atomic E-state index is 7.38. The van der Waals surface area contributed by atoms with Crippen molar-refractivity contribution >= 4 is 16.7 Å². The highest BCUT2D eigenvalue weighted by atomic mass is 16.5. The minimum atomic E-state index is -0.0131. The number of hydrogen-bond donors (Lipinski definition) is 2. The van der Waals surface area contributed by atoms with Crippen molar-refractivity contribution in [3.63, 3.8) is 0 Å². The summed E-state index contributed by atoms with van der Waals surface area (Å²) < 4.78 is 5.16. The third-order valence-electron chi connectivity index (χ3n) is 2.50. The normalized spacial score (nSPS) is 10.4. The van der Waals surface area contributed by atoms with Gasteiger partial charge in [0.1, 0.15) is 17.3 Å². The number of nitrogens with one attached hydrogen (secondary N) is 1. The Balaban J connectivity index is 2.71. The molecule has 2 aromatic rings. The van der Waals surface area contributed by atoms with Crippen LogP contribution in [-0.2, 0) is 0 Å². The van der Waals surface area contributed by atoms with E-state index in [1.165, 1.54) is 0 Å². The molecule has 0 amide bonds. The highest BCUT2D eigenvalue weighted by Crippen LogP contribution is 2.22. The number of ether oxygens (including phenoxy) is 1. The smallest absolute Gasteiger partial charge is 0.141 e. The highest BCUT2D eigenvalue weighted by Gasteiger charge is 2.05. The van der Waals surface area contributed by atoms with Gasteiger partial charge in [0.15, 0.2) is 0 Å². The van der Waals surface area contributed by atoms with E-state index in [2.05, 4.69) is 4.98 Å². The summed E-state index contributed by atoms with van der Waals surface area (Å²) in [6, 6.07) is 7.46. The fourth-order valence-corrected chi connectivity index (χ4v) is 1.64. The van der Waals surface area contributed by atoms with Gasteiger partial charge in [0.2, 0.25) is 0 Å². The van der Waals surface area contributed by atoms with Crippen LogP contribution >= 0.6 is 0 Å². The van der Waals surface area contributed by atoms with Crippen LogP contribution in [-0.4, -0.2) is 17.9 Å². The summed E-state index contributed by atoms with van der Waals surface area (Å²) in [7, 11) is 1.63. The summed E-state index contributed by atoms with van der Waals surface area (Å²) in [6.45, 7) is 1.97. The summed E-state index contributed by atoms with van der Waals surface area (Å²) in [5, 5.41) is 8.39. The molecule has 0 atom stereocenters. The maximum atomic E-state index is 7.38. The topological polar surface area (TPSA) is 72.0 Å². The predicted octanol–water partition coefficient (Wildman–Crippen LogP) is 1.84. The Labute approximate surface area is 93.6 Å². The van der Waals surface area contributed by atoms with E-state index in [4.69, 9.17) is 15.9 Å². The van der Waals surface area contributed by atoms with Crippen LogP contribution in [0.15, 0.2) is 24.3 Å². The number of nitrogens with zero attached hydrogens (tertiary/aromatic N) is 1. The predicted molar refractivity (Wildman–Crippen MR) is 64.0 cm³/mol. The molecule has 1 aromatic carbocycles. The zero-order chi connectivity index (χ0) is 11.7. The number of hydrogen-bond acceptors (Lipinski definition) is 3. The third-order valence-corrected chi connectivity index (χ3v) is 2.50. The molecule has 0 aliphatic carbocycles. The van der Waals surface area contributed by atoms with Gasteiger partial charge in [0, 0.05) is 5.39 Å². The molecule has 82 valence electrons. The zero-order valence-corrected chi connectivity index (χ0v) is 9.24. The van der Waals surface area contributed by atoms with Gasteiger partial charge in [-0.1, -0.05) is 0 Å². The number of methoxy groups -OCH3 is 1. The summed E-state index contributed by atoms with van der Waals surface area (Å²) in [6.07, 6.45) is 0. The van der Waals surface area contributed by atoms with Gasteiger partial charge < -0.3 is 10.5 Å². The fourth-order valence-electron chi connectivity index (χ4n) is 1.64. The van der Waals surface area contributed by atoms with Gasteiger partial charge in [-0.3, -0.25) is 5.41 Å². The van der Waals surface area contributed by atoms with Gasteiger partial charge in [-0.05, 0) is 36.8 Å². The number of pyridine rings is 1. The molecule has 1 heterocycles. The van der Waals surface area contributed by atoms with Crippen molar-refractivity contribution in [2.75, 3.05) is 7.11 Å². The molecule has 0 radical (unpaired) electrons. The van der Waals surface area contributed by atoms with E-state index >= 15 is 0 Å². The lowest BCUT2D eigenvalue weighted by Gasteiger charge is -2.07. The van der Waals surface area contributed by atoms with Gasteiger partial charge in [0.25, 0.3) is 0 Å². The number of nitrogens with two attached hydrogens (primary N) is 1. The minimum Gasteiger partial charge on any atom is -0.497 e. The molecule has 0 fully saturated rings. The largest absolute Gasteiger partial charge is 0.497 e. The second kappa shape index (κ2) is 3.81. The molecule has 0 saturated heterocycles. The lowest BCUT2D eigenvalue weighted by atomic mass is 10.1. The molecule has 0 spiro atoms. The van der Waals surface area contributed by atoms with E-state index in [0.717, 1.165) is 22.2 Å². The zero-order valence-electron chi connectivity index (χ0n) is 9.24. The molecule has 16 heavy (non-hydrogen) atoms. The maximum Gasteiger partial charge on any atom is 0.141 e. The average molecular weight is 215 g/mol. The number of aryl methyl sites for hydroxylation is 1. The molecule has 3 N–H and O–H groups in total. The first-order chi connectivity index (χ1) is 7.61. The van der Waals surface area contributed by atoms with Crippen LogP contribution in [0.5, 0.6) is 5.75 Å². The molecular formula is C12H13N3O. The Morgan fingerprint density at radius 3 is 2.75 bits per heavy atom. The first kappa shape index (κ1) is 10.4. The van der Waals surface area contributed by atoms with Crippen LogP contribution in [0.3, 0.4) is 0 Å². The van der Waals surface area contributed by atoms with Crippen LogP contribution in [0, 0.1) is 12.3 Å². The fraction of sp³-hybridized carbons (Fsp3) is 0.167. The molecule has 2 rings (SSSR count). The molecule has 4 nitrogen and oxygen atoms in total. The SMILES string of the molecule is COc1ccc2nc(C(=N)N)cc(C)c2c1. The monoisotopic (exact) mass is 215 g/mol. The van der Waals surface area contributed by atoms with Crippen molar-refractivity contribution < 1.29 is 4.74 Å². The molecule has 0 aliphatic rings. The average Bonchev–Trinajstić information content (AvgIpc) is 2.28. The second-order valence-electron chi connectivity index (χ2n) is 3.62. The number of amidine groups is 1. The van der Waals surface area contributed by atoms with Gasteiger partial charge in [-0.15, -0.1) is 0 Å². The van der Waals surface area contributed by atoms with Crippen LogP contribution in [0.2, 0.25) is 0 Å². The van der Waals surface area contributed by atoms with E-state index in [-0.39, 0.29) is 5.84 Å². The second-order valence-corrected chi connectivity index (χ2v) is 3.62. The number of nitrogen functional groups attached to an aromatic ring is 1. The quantitative estimate of drug-likeness (QED) is 0.593. The van der Waals surface area contributed by atoms with Gasteiger partial charge in [-0.2, -0.15) is 0 Å². The lowest BCUT2D eigenvalue weighted by Crippen LogP contribution is -2.13. The van der Waals surface area contributed by atoms with E-state index in [0.29, 0.717) is 5.69 Å². The van der Waals surface area contributed by atoms with E-state index < -0.39 is 0 Å². The Morgan fingerprint density at radius 2 is 2.12 bits per heavy atom. The summed E-state index contributed by atoms with van der Waals surface area (Å²) >= 11 is 0. The molecule has 0 saturated carbocycles. The minimum absolute atomic E-state index is 0.0131. The highest BCUT2D eigenvalue weighted by molar-refractivity contribution is 5.96. The number of benzene rings is 1. The molecular weight excluding hydrogens is 202 g/mol. The van der Waals surface area contributed by atoms with Crippen molar-refractivity contribution in [1.29, 1.82) is 5.41 Å². The Morgan fingerprint density at radius 1 is 1.38 bits per heavy atom. The number of rotatable bonds is 2. The van der Waals surface area contributed by atoms with Crippen molar-refractivity contribution in [3.05, 3.63) is 35.5 Å². The van der Waals surface area contributed by atoms with Crippen LogP contribution in [0.1, 0.15) is 11.3 Å². The van der Waals surface area contributed by atoms with E-state index in [1.807, 2.05) is 31.2 Å². The van der Waals surface area contributed by atoms with E-state index in [1.54, 1.807) is 7.11 Å². The molecule has 1 aromatic heterocycles. The summed E-state index contributed by atoms with van der Waals surface area (Å²) in [5.74, 6) is 0.786. The number of aromatic nitrogens is 1. The molecule has 0 unspecified atom stereocenters. The van der Waals surface area contributed by atoms with Crippen molar-refractivity contribution in [2.24, 2.45) is 5.73 Å².